The van der Waals surface area contributed by atoms with E-state index in [2.05, 4.69) is 20.4 Å². The molecule has 330 valence electrons. The molecule has 0 unspecified atom stereocenters. The van der Waals surface area contributed by atoms with Crippen molar-refractivity contribution in [1.82, 2.24) is 29.9 Å². The highest BCUT2D eigenvalue weighted by Crippen LogP contribution is 2.44. The monoisotopic (exact) mass is 867 g/mol. The maximum Gasteiger partial charge on any atom is 0.328 e. The number of aryl methyl sites for hydroxylation is 1. The van der Waals surface area contributed by atoms with Gasteiger partial charge in [0.25, 0.3) is 11.8 Å². The number of alkyl halides is 3. The van der Waals surface area contributed by atoms with Gasteiger partial charge in [-0.25, -0.2) is 22.4 Å². The highest BCUT2D eigenvalue weighted by molar-refractivity contribution is 6.06. The van der Waals surface area contributed by atoms with Crippen LogP contribution in [0.1, 0.15) is 72.0 Å². The predicted molar refractivity (Wildman–Crippen MR) is 230 cm³/mol. The number of urea groups is 1. The number of aromatic nitrogens is 3. The number of amides is 4. The van der Waals surface area contributed by atoms with E-state index in [9.17, 15) is 19.5 Å². The number of nitrogens with zero attached hydrogens (tertiary/aromatic N) is 7. The summed E-state index contributed by atoms with van der Waals surface area (Å²) in [6, 6.07) is 17.6. The Balaban J connectivity index is 0.800. The number of anilines is 3. The van der Waals surface area contributed by atoms with Crippen molar-refractivity contribution >= 4 is 45.9 Å². The van der Waals surface area contributed by atoms with Crippen LogP contribution in [0.3, 0.4) is 0 Å². The van der Waals surface area contributed by atoms with Crippen molar-refractivity contribution in [2.75, 3.05) is 67.9 Å². The van der Waals surface area contributed by atoms with Crippen LogP contribution in [0.5, 0.6) is 5.75 Å². The third kappa shape index (κ3) is 8.14. The zero-order valence-electron chi connectivity index (χ0n) is 34.9. The summed E-state index contributed by atoms with van der Waals surface area (Å²) in [6.45, 7) is 3.79. The summed E-state index contributed by atoms with van der Waals surface area (Å²) in [5.41, 5.74) is 8.13. The molecule has 1 atom stereocenters. The minimum Gasteiger partial charge on any atom is -0.507 e. The normalized spacial score (nSPS) is 20.9. The fourth-order valence-corrected chi connectivity index (χ4v) is 9.83. The van der Waals surface area contributed by atoms with Gasteiger partial charge in [0.2, 0.25) is 5.91 Å². The number of nitrogens with one attached hydrogen (secondary N) is 1. The minimum atomic E-state index is -3.03. The number of piperidine rings is 3. The molecule has 3 aromatic carbocycles. The number of carbonyl (C=O) groups is 3. The Labute approximate surface area is 361 Å². The molecule has 4 N–H and O–H groups in total. The molecule has 4 saturated heterocycles. The van der Waals surface area contributed by atoms with Crippen molar-refractivity contribution < 1.29 is 37.1 Å². The molecule has 63 heavy (non-hydrogen) atoms. The fourth-order valence-electron chi connectivity index (χ4n) is 9.83. The molecule has 0 radical (unpaired) electrons. The van der Waals surface area contributed by atoms with Gasteiger partial charge in [-0.1, -0.05) is 18.2 Å². The van der Waals surface area contributed by atoms with Crippen LogP contribution in [0.4, 0.5) is 39.5 Å². The number of fused-ring (bicyclic) bond motifs is 1. The summed E-state index contributed by atoms with van der Waals surface area (Å²) in [6.07, 6.45) is 3.34. The van der Waals surface area contributed by atoms with Crippen LogP contribution in [0.15, 0.2) is 72.9 Å². The molecule has 4 fully saturated rings. The van der Waals surface area contributed by atoms with Crippen molar-refractivity contribution in [3.8, 4) is 17.0 Å². The van der Waals surface area contributed by atoms with E-state index in [1.54, 1.807) is 77.4 Å². The summed E-state index contributed by atoms with van der Waals surface area (Å²) in [5, 5.41) is 21.2. The average Bonchev–Trinajstić information content (AvgIpc) is 3.70. The first-order valence-corrected chi connectivity index (χ1v) is 21.4. The first-order chi connectivity index (χ1) is 30.2. The number of likely N-dealkylation sites (tertiary alicyclic amines) is 2. The van der Waals surface area contributed by atoms with Crippen LogP contribution in [-0.2, 0) is 4.79 Å². The largest absolute Gasteiger partial charge is 0.507 e. The molecule has 4 amide bonds. The van der Waals surface area contributed by atoms with E-state index in [0.717, 1.165) is 12.8 Å². The molecular formula is C46H49F4N9O4. The molecule has 9 rings (SSSR count). The van der Waals surface area contributed by atoms with Gasteiger partial charge < -0.3 is 30.1 Å². The number of phenols is 1. The van der Waals surface area contributed by atoms with Crippen molar-refractivity contribution in [2.45, 2.75) is 69.0 Å². The lowest BCUT2D eigenvalue weighted by Gasteiger charge is -2.41. The average molecular weight is 868 g/mol. The van der Waals surface area contributed by atoms with Gasteiger partial charge in [-0.05, 0) is 79.4 Å². The van der Waals surface area contributed by atoms with E-state index in [-0.39, 0.29) is 93.6 Å². The molecule has 6 heterocycles. The van der Waals surface area contributed by atoms with Gasteiger partial charge in [-0.15, -0.1) is 10.2 Å². The van der Waals surface area contributed by atoms with E-state index in [4.69, 9.17) is 5.73 Å². The molecule has 0 saturated carbocycles. The summed E-state index contributed by atoms with van der Waals surface area (Å²) in [7, 11) is 0. The Kier molecular flexibility index (Phi) is 11.0. The molecular weight excluding hydrogens is 819 g/mol. The highest BCUT2D eigenvalue weighted by atomic mass is 19.3. The number of hydrogen-bond acceptors (Lipinski definition) is 9. The van der Waals surface area contributed by atoms with Gasteiger partial charge in [0, 0.05) is 107 Å². The maximum absolute atomic E-state index is 16.4. The van der Waals surface area contributed by atoms with Crippen LogP contribution in [0.25, 0.3) is 22.2 Å². The number of hydrogen-bond donors (Lipinski definition) is 3. The third-order valence-electron chi connectivity index (χ3n) is 13.4. The maximum atomic E-state index is 16.4. The summed E-state index contributed by atoms with van der Waals surface area (Å²) in [5.74, 6) is -5.32. The lowest BCUT2D eigenvalue weighted by molar-refractivity contribution is -0.120. The second-order valence-electron chi connectivity index (χ2n) is 17.4. The zero-order chi connectivity index (χ0) is 44.2. The van der Waals surface area contributed by atoms with Crippen molar-refractivity contribution in [1.29, 1.82) is 0 Å². The van der Waals surface area contributed by atoms with Crippen LogP contribution in [-0.4, -0.2) is 111 Å². The minimum absolute atomic E-state index is 0.00629. The first kappa shape index (κ1) is 42.1. The molecule has 5 aromatic rings. The van der Waals surface area contributed by atoms with E-state index >= 15 is 17.6 Å². The quantitative estimate of drug-likeness (QED) is 0.138. The Morgan fingerprint density at radius 3 is 2.40 bits per heavy atom. The van der Waals surface area contributed by atoms with E-state index in [1.807, 2.05) is 10.8 Å². The molecule has 0 bridgehead atoms. The molecule has 0 aliphatic carbocycles. The molecule has 17 heteroatoms. The molecule has 13 nitrogen and oxygen atoms in total. The number of imide groups is 1. The van der Waals surface area contributed by atoms with Crippen molar-refractivity contribution in [3.63, 3.8) is 0 Å². The third-order valence-corrected chi connectivity index (χ3v) is 13.4. The number of phenolic OH excluding ortho intramolecular Hbond substituents is 1. The number of aromatic hydroxyl groups is 1. The van der Waals surface area contributed by atoms with Crippen molar-refractivity contribution in [3.05, 3.63) is 95.4 Å². The molecule has 0 spiro atoms. The van der Waals surface area contributed by atoms with Gasteiger partial charge in [0.1, 0.15) is 11.4 Å². The van der Waals surface area contributed by atoms with Crippen molar-refractivity contribution in [2.24, 2.45) is 0 Å². The number of nitrogen functional groups attached to an aromatic ring is 1. The van der Waals surface area contributed by atoms with Gasteiger partial charge in [-0.2, -0.15) is 0 Å². The summed E-state index contributed by atoms with van der Waals surface area (Å²) >= 11 is 0. The van der Waals surface area contributed by atoms with Crippen LogP contribution in [0.2, 0.25) is 0 Å². The van der Waals surface area contributed by atoms with Crippen LogP contribution < -0.4 is 20.9 Å². The van der Waals surface area contributed by atoms with Crippen LogP contribution >= 0.6 is 0 Å². The Morgan fingerprint density at radius 1 is 0.905 bits per heavy atom. The number of halogens is 4. The van der Waals surface area contributed by atoms with Gasteiger partial charge in [0.15, 0.2) is 11.6 Å². The topological polar surface area (TPSA) is 153 Å². The van der Waals surface area contributed by atoms with Crippen LogP contribution in [0, 0.1) is 12.7 Å². The number of para-hydroxylation sites is 1. The van der Waals surface area contributed by atoms with E-state index in [1.165, 1.54) is 11.0 Å². The second-order valence-corrected chi connectivity index (χ2v) is 17.4. The Hall–Kier alpha value is -6.23. The lowest BCUT2D eigenvalue weighted by Crippen LogP contribution is -2.51. The van der Waals surface area contributed by atoms with Gasteiger partial charge in [-0.3, -0.25) is 19.8 Å². The number of carbonyl (C=O) groups excluding carboxylic acids is 3. The SMILES string of the molecule is Cc1cc(C(=O)N2CCC(F)(CN3CCC(n4ccc5c(F)c(N6CCC(=O)NC6=O)ccc54)CC3)CC2)ccc1[C@@H]1CN(c2cc(-c3ccccc3O)nnc2N)CCC1(F)F. The van der Waals surface area contributed by atoms with E-state index < -0.39 is 35.8 Å². The predicted octanol–water partition coefficient (Wildman–Crippen LogP) is 7.19. The van der Waals surface area contributed by atoms with Gasteiger partial charge in [0.05, 0.1) is 28.5 Å². The molecule has 4 aliphatic rings. The first-order valence-electron chi connectivity index (χ1n) is 21.4. The summed E-state index contributed by atoms with van der Waals surface area (Å²) in [4.78, 5) is 44.4. The zero-order valence-corrected chi connectivity index (χ0v) is 34.9. The number of benzene rings is 3. The lowest BCUT2D eigenvalue weighted by atomic mass is 9.84. The number of nitrogens with two attached hydrogens (primary N) is 1. The Bertz CT molecular complexity index is 2590. The molecule has 2 aromatic heterocycles. The number of rotatable bonds is 8. The van der Waals surface area contributed by atoms with E-state index in [0.29, 0.717) is 57.6 Å². The van der Waals surface area contributed by atoms with Gasteiger partial charge >= 0.3 is 6.03 Å². The molecule has 4 aliphatic heterocycles. The fraction of sp³-hybridized carbons (Fsp3) is 0.413. The highest BCUT2D eigenvalue weighted by Gasteiger charge is 2.46. The standard InChI is InChI=1S/C46H49F4N9O4/c1-28-24-29(6-7-31(28)34-26-57(23-16-46(34,49)50)38-25-35(53-54-42(38)51)32-4-2-3-5-39(32)60)43(62)56-21-14-45(48,15-22-56)27-55-17-10-30(11-18-55)58-19-12-33-36(58)8-9-37(41(33)47)59-20-13-40(61)52-44(59)63/h2-9,12,19,24-25,30,34,60H,10-11,13-18,20-23,26-27H2,1H3,(H2,51,54)(H,52,61,63)/t34-/m0/s1. The summed E-state index contributed by atoms with van der Waals surface area (Å²) < 4.78 is 65.5. The Morgan fingerprint density at radius 2 is 1.67 bits per heavy atom. The smallest absolute Gasteiger partial charge is 0.328 e. The second kappa shape index (κ2) is 16.5.